The highest BCUT2D eigenvalue weighted by molar-refractivity contribution is 7.99. The van der Waals surface area contributed by atoms with E-state index in [1.165, 1.54) is 30.0 Å². The fraction of sp³-hybridized carbons (Fsp3) is 0.227. The number of nitrogens with zero attached hydrogens (tertiary/aromatic N) is 3. The van der Waals surface area contributed by atoms with Crippen molar-refractivity contribution in [2.24, 2.45) is 0 Å². The first-order valence-electron chi connectivity index (χ1n) is 10.1. The quantitative estimate of drug-likeness (QED) is 0.353. The van der Waals surface area contributed by atoms with E-state index in [0.717, 1.165) is 0 Å². The molecule has 0 saturated carbocycles. The van der Waals surface area contributed by atoms with Gasteiger partial charge in [-0.05, 0) is 50.2 Å². The van der Waals surface area contributed by atoms with E-state index in [4.69, 9.17) is 28.3 Å². The minimum atomic E-state index is -1.07. The molecule has 34 heavy (non-hydrogen) atoms. The molecule has 2 amide bonds. The number of anilines is 1. The van der Waals surface area contributed by atoms with Gasteiger partial charge in [-0.15, -0.1) is 10.2 Å². The van der Waals surface area contributed by atoms with E-state index in [9.17, 15) is 14.4 Å². The molecule has 0 radical (unpaired) electrons. The SMILES string of the molecule is CCn1c(SCC(=O)Nc2cccc(C(=O)O)c2)nnc1[C@H](C)NC(=O)c1ccc(Cl)c(Cl)c1. The molecule has 0 unspecified atom stereocenters. The van der Waals surface area contributed by atoms with Gasteiger partial charge in [0, 0.05) is 17.8 Å². The van der Waals surface area contributed by atoms with Crippen molar-refractivity contribution in [2.45, 2.75) is 31.6 Å². The zero-order chi connectivity index (χ0) is 24.8. The zero-order valence-corrected chi connectivity index (χ0v) is 20.5. The van der Waals surface area contributed by atoms with Crippen LogP contribution in [0.5, 0.6) is 0 Å². The van der Waals surface area contributed by atoms with Gasteiger partial charge in [0.1, 0.15) is 0 Å². The van der Waals surface area contributed by atoms with Crippen LogP contribution in [-0.2, 0) is 11.3 Å². The van der Waals surface area contributed by atoms with Crippen LogP contribution in [0.3, 0.4) is 0 Å². The third kappa shape index (κ3) is 6.28. The Hall–Kier alpha value is -3.08. The van der Waals surface area contributed by atoms with Crippen molar-refractivity contribution >= 4 is 58.4 Å². The molecule has 3 N–H and O–H groups in total. The minimum Gasteiger partial charge on any atom is -0.478 e. The van der Waals surface area contributed by atoms with Gasteiger partial charge in [0.25, 0.3) is 5.91 Å². The van der Waals surface area contributed by atoms with Crippen LogP contribution in [0, 0.1) is 0 Å². The van der Waals surface area contributed by atoms with Crippen molar-refractivity contribution in [1.29, 1.82) is 0 Å². The summed E-state index contributed by atoms with van der Waals surface area (Å²) in [6, 6.07) is 10.1. The van der Waals surface area contributed by atoms with Crippen molar-refractivity contribution < 1.29 is 19.5 Å². The number of nitrogens with one attached hydrogen (secondary N) is 2. The molecule has 3 aromatic rings. The van der Waals surface area contributed by atoms with E-state index in [2.05, 4.69) is 20.8 Å². The molecule has 0 bridgehead atoms. The lowest BCUT2D eigenvalue weighted by molar-refractivity contribution is -0.113. The second kappa shape index (κ2) is 11.4. The van der Waals surface area contributed by atoms with Crippen molar-refractivity contribution in [3.05, 3.63) is 69.5 Å². The highest BCUT2D eigenvalue weighted by Crippen LogP contribution is 2.24. The maximum absolute atomic E-state index is 12.6. The van der Waals surface area contributed by atoms with E-state index in [0.29, 0.717) is 33.8 Å². The molecular weight excluding hydrogens is 501 g/mol. The predicted molar refractivity (Wildman–Crippen MR) is 131 cm³/mol. The van der Waals surface area contributed by atoms with Crippen LogP contribution in [0.15, 0.2) is 47.6 Å². The molecule has 12 heteroatoms. The predicted octanol–water partition coefficient (Wildman–Crippen LogP) is 4.52. The summed E-state index contributed by atoms with van der Waals surface area (Å²) < 4.78 is 1.81. The van der Waals surface area contributed by atoms with Gasteiger partial charge in [0.15, 0.2) is 11.0 Å². The number of halogens is 2. The Morgan fingerprint density at radius 2 is 1.85 bits per heavy atom. The Bertz CT molecular complexity index is 1230. The lowest BCUT2D eigenvalue weighted by Crippen LogP contribution is -2.28. The number of hydrogen-bond donors (Lipinski definition) is 3. The molecule has 0 aliphatic carbocycles. The average molecular weight is 522 g/mol. The smallest absolute Gasteiger partial charge is 0.335 e. The van der Waals surface area contributed by atoms with Gasteiger partial charge in [-0.25, -0.2) is 4.79 Å². The van der Waals surface area contributed by atoms with Crippen molar-refractivity contribution in [3.8, 4) is 0 Å². The molecular formula is C22H21Cl2N5O4S. The molecule has 1 aromatic heterocycles. The fourth-order valence-corrected chi connectivity index (χ4v) is 4.17. The largest absolute Gasteiger partial charge is 0.478 e. The van der Waals surface area contributed by atoms with E-state index in [1.54, 1.807) is 31.2 Å². The summed E-state index contributed by atoms with van der Waals surface area (Å²) in [5, 5.41) is 24.1. The third-order valence-electron chi connectivity index (χ3n) is 4.70. The monoisotopic (exact) mass is 521 g/mol. The number of carboxylic acid groups (broad SMARTS) is 1. The summed E-state index contributed by atoms with van der Waals surface area (Å²) >= 11 is 13.1. The maximum Gasteiger partial charge on any atom is 0.335 e. The molecule has 0 saturated heterocycles. The molecule has 3 rings (SSSR count). The average Bonchev–Trinajstić information content (AvgIpc) is 3.22. The zero-order valence-electron chi connectivity index (χ0n) is 18.2. The van der Waals surface area contributed by atoms with Crippen LogP contribution < -0.4 is 10.6 Å². The summed E-state index contributed by atoms with van der Waals surface area (Å²) in [4.78, 5) is 36.0. The van der Waals surface area contributed by atoms with E-state index < -0.39 is 12.0 Å². The molecule has 2 aromatic carbocycles. The van der Waals surface area contributed by atoms with Gasteiger partial charge < -0.3 is 20.3 Å². The van der Waals surface area contributed by atoms with E-state index >= 15 is 0 Å². The highest BCUT2D eigenvalue weighted by atomic mass is 35.5. The lowest BCUT2D eigenvalue weighted by atomic mass is 10.2. The molecule has 0 spiro atoms. The Balaban J connectivity index is 1.63. The summed E-state index contributed by atoms with van der Waals surface area (Å²) in [7, 11) is 0. The number of carbonyl (C=O) groups is 3. The fourth-order valence-electron chi connectivity index (χ4n) is 3.06. The number of thioether (sulfide) groups is 1. The molecule has 1 atom stereocenters. The van der Waals surface area contributed by atoms with Gasteiger partial charge in [-0.1, -0.05) is 41.0 Å². The van der Waals surface area contributed by atoms with Gasteiger partial charge in [0.2, 0.25) is 5.91 Å². The Morgan fingerprint density at radius 3 is 2.53 bits per heavy atom. The number of amides is 2. The molecule has 1 heterocycles. The summed E-state index contributed by atoms with van der Waals surface area (Å²) in [6.45, 7) is 4.21. The first-order valence-corrected chi connectivity index (χ1v) is 11.9. The number of carboxylic acids is 1. The van der Waals surface area contributed by atoms with Gasteiger partial charge in [-0.3, -0.25) is 9.59 Å². The first kappa shape index (κ1) is 25.5. The Kier molecular flexibility index (Phi) is 8.54. The number of hydrogen-bond acceptors (Lipinski definition) is 6. The standard InChI is InChI=1S/C22H21Cl2N5O4S/c1-3-29-19(12(2)25-20(31)13-7-8-16(23)17(24)10-13)27-28-22(29)34-11-18(30)26-15-6-4-5-14(9-15)21(32)33/h4-10,12H,3,11H2,1-2H3,(H,25,31)(H,26,30)(H,32,33)/t12-/m0/s1. The number of aromatic carboxylic acids is 1. The third-order valence-corrected chi connectivity index (χ3v) is 6.41. The summed E-state index contributed by atoms with van der Waals surface area (Å²) in [5.74, 6) is -1.16. The number of carbonyl (C=O) groups excluding carboxylic acids is 2. The second-order valence-electron chi connectivity index (χ2n) is 7.13. The number of aromatic nitrogens is 3. The summed E-state index contributed by atoms with van der Waals surface area (Å²) in [6.07, 6.45) is 0. The molecule has 0 fully saturated rings. The van der Waals surface area contributed by atoms with E-state index in [1.807, 2.05) is 11.5 Å². The first-order chi connectivity index (χ1) is 16.2. The topological polar surface area (TPSA) is 126 Å². The second-order valence-corrected chi connectivity index (χ2v) is 8.89. The van der Waals surface area contributed by atoms with Crippen molar-refractivity contribution in [3.63, 3.8) is 0 Å². The van der Waals surface area contributed by atoms with Crippen LogP contribution in [0.2, 0.25) is 10.0 Å². The van der Waals surface area contributed by atoms with Crippen LogP contribution >= 0.6 is 35.0 Å². The highest BCUT2D eigenvalue weighted by Gasteiger charge is 2.20. The van der Waals surface area contributed by atoms with Crippen LogP contribution in [-0.4, -0.2) is 43.4 Å². The Morgan fingerprint density at radius 1 is 1.09 bits per heavy atom. The van der Waals surface area contributed by atoms with Gasteiger partial charge >= 0.3 is 5.97 Å². The van der Waals surface area contributed by atoms with Crippen LogP contribution in [0.1, 0.15) is 46.4 Å². The molecule has 0 aliphatic heterocycles. The minimum absolute atomic E-state index is 0.0411. The number of benzene rings is 2. The normalized spacial score (nSPS) is 11.6. The Labute approximate surface area is 209 Å². The van der Waals surface area contributed by atoms with Crippen LogP contribution in [0.4, 0.5) is 5.69 Å². The van der Waals surface area contributed by atoms with Crippen molar-refractivity contribution in [1.82, 2.24) is 20.1 Å². The van der Waals surface area contributed by atoms with E-state index in [-0.39, 0.29) is 28.2 Å². The van der Waals surface area contributed by atoms with Crippen LogP contribution in [0.25, 0.3) is 0 Å². The summed E-state index contributed by atoms with van der Waals surface area (Å²) in [5.41, 5.74) is 0.835. The number of rotatable bonds is 9. The van der Waals surface area contributed by atoms with Gasteiger partial charge in [0.05, 0.1) is 27.4 Å². The molecule has 0 aliphatic rings. The molecule has 9 nitrogen and oxygen atoms in total. The maximum atomic E-state index is 12.6. The van der Waals surface area contributed by atoms with Gasteiger partial charge in [-0.2, -0.15) is 0 Å². The van der Waals surface area contributed by atoms with Crippen molar-refractivity contribution in [2.75, 3.05) is 11.1 Å². The lowest BCUT2D eigenvalue weighted by Gasteiger charge is -2.15. The molecule has 178 valence electrons.